The summed E-state index contributed by atoms with van der Waals surface area (Å²) < 4.78 is 0. The molecule has 1 aromatic heterocycles. The minimum Gasteiger partial charge on any atom is -0.304 e. The summed E-state index contributed by atoms with van der Waals surface area (Å²) in [5.41, 5.74) is 1.06. The third-order valence-corrected chi connectivity index (χ3v) is 1.51. The summed E-state index contributed by atoms with van der Waals surface area (Å²) in [5, 5.41) is 1.20. The number of hydrogen-bond acceptors (Lipinski definition) is 2. The number of carbonyl (C=O) groups is 1. The van der Waals surface area contributed by atoms with Crippen LogP contribution < -0.4 is 0 Å². The Hall–Kier alpha value is -1.70. The van der Waals surface area contributed by atoms with Gasteiger partial charge in [0.25, 0.3) is 0 Å². The molecule has 0 fully saturated rings. The first-order valence-corrected chi connectivity index (χ1v) is 4.08. The van der Waals surface area contributed by atoms with E-state index in [-0.39, 0.29) is 0 Å². The van der Waals surface area contributed by atoms with E-state index in [2.05, 4.69) is 17.1 Å². The van der Waals surface area contributed by atoms with Crippen LogP contribution in [0.1, 0.15) is 6.92 Å². The Morgan fingerprint density at radius 1 is 1.15 bits per heavy atom. The van der Waals surface area contributed by atoms with Gasteiger partial charge in [-0.05, 0) is 19.1 Å². The summed E-state index contributed by atoms with van der Waals surface area (Å²) in [6.07, 6.45) is 2.56. The number of aldehydes is 1. The summed E-state index contributed by atoms with van der Waals surface area (Å²) in [6.45, 7) is 1.44. The maximum Gasteiger partial charge on any atom is 0.116 e. The van der Waals surface area contributed by atoms with Crippen molar-refractivity contribution < 1.29 is 4.79 Å². The van der Waals surface area contributed by atoms with Crippen molar-refractivity contribution >= 4 is 17.2 Å². The highest BCUT2D eigenvalue weighted by Crippen LogP contribution is 2.07. The summed E-state index contributed by atoms with van der Waals surface area (Å²) in [6, 6.07) is 12.1. The van der Waals surface area contributed by atoms with Gasteiger partial charge >= 0.3 is 0 Å². The van der Waals surface area contributed by atoms with Crippen molar-refractivity contribution in [2.45, 2.75) is 6.92 Å². The highest BCUT2D eigenvalue weighted by molar-refractivity contribution is 5.77. The van der Waals surface area contributed by atoms with Crippen molar-refractivity contribution in [1.29, 1.82) is 0 Å². The predicted molar refractivity (Wildman–Crippen MR) is 53.5 cm³/mol. The van der Waals surface area contributed by atoms with E-state index in [9.17, 15) is 0 Å². The third-order valence-electron chi connectivity index (χ3n) is 1.51. The molecule has 0 saturated carbocycles. The molecule has 2 rings (SSSR count). The largest absolute Gasteiger partial charge is 0.304 e. The Morgan fingerprint density at radius 3 is 2.46 bits per heavy atom. The molecule has 0 atom stereocenters. The number of nitrogens with zero attached hydrogens (tertiary/aromatic N) is 1. The lowest BCUT2D eigenvalue weighted by Crippen LogP contribution is -1.73. The number of rotatable bonds is 0. The number of carbonyl (C=O) groups excluding carboxylic acids is 1. The van der Waals surface area contributed by atoms with Gasteiger partial charge in [-0.1, -0.05) is 24.3 Å². The van der Waals surface area contributed by atoms with Gasteiger partial charge in [0.1, 0.15) is 6.29 Å². The van der Waals surface area contributed by atoms with Crippen LogP contribution in [0, 0.1) is 0 Å². The van der Waals surface area contributed by atoms with Gasteiger partial charge in [-0.15, -0.1) is 0 Å². The third kappa shape index (κ3) is 2.67. The summed E-state index contributed by atoms with van der Waals surface area (Å²) >= 11 is 0. The molecule has 2 nitrogen and oxygen atoms in total. The summed E-state index contributed by atoms with van der Waals surface area (Å²) in [4.78, 5) is 13.0. The second-order valence-corrected chi connectivity index (χ2v) is 2.43. The lowest BCUT2D eigenvalue weighted by molar-refractivity contribution is -0.106. The highest BCUT2D eigenvalue weighted by Gasteiger charge is 1.86. The van der Waals surface area contributed by atoms with Gasteiger partial charge < -0.3 is 4.79 Å². The molecular formula is C11H11NO. The van der Waals surface area contributed by atoms with Gasteiger partial charge in [0.15, 0.2) is 0 Å². The quantitative estimate of drug-likeness (QED) is 0.573. The van der Waals surface area contributed by atoms with Crippen LogP contribution in [0.3, 0.4) is 0 Å². The van der Waals surface area contributed by atoms with Gasteiger partial charge in [0.2, 0.25) is 0 Å². The lowest BCUT2D eigenvalue weighted by atomic mass is 10.2. The van der Waals surface area contributed by atoms with E-state index in [1.54, 1.807) is 0 Å². The molecule has 0 bridgehead atoms. The van der Waals surface area contributed by atoms with Gasteiger partial charge in [-0.3, -0.25) is 4.98 Å². The summed E-state index contributed by atoms with van der Waals surface area (Å²) in [7, 11) is 0. The molecule has 0 amide bonds. The van der Waals surface area contributed by atoms with Crippen molar-refractivity contribution in [3.8, 4) is 0 Å². The molecule has 66 valence electrons. The van der Waals surface area contributed by atoms with Crippen LogP contribution in [0.4, 0.5) is 0 Å². The zero-order valence-electron chi connectivity index (χ0n) is 7.47. The molecular weight excluding hydrogens is 162 g/mol. The van der Waals surface area contributed by atoms with Gasteiger partial charge in [-0.25, -0.2) is 0 Å². The summed E-state index contributed by atoms with van der Waals surface area (Å²) in [5.74, 6) is 0. The predicted octanol–water partition coefficient (Wildman–Crippen LogP) is 2.44. The fourth-order valence-corrected chi connectivity index (χ4v) is 1.02. The van der Waals surface area contributed by atoms with Crippen molar-refractivity contribution in [2.75, 3.05) is 0 Å². The van der Waals surface area contributed by atoms with E-state index in [0.717, 1.165) is 11.8 Å². The number of aromatic nitrogens is 1. The lowest BCUT2D eigenvalue weighted by Gasteiger charge is -1.91. The molecule has 2 aromatic rings. The zero-order valence-corrected chi connectivity index (χ0v) is 7.47. The van der Waals surface area contributed by atoms with Crippen molar-refractivity contribution in [1.82, 2.24) is 4.98 Å². The number of benzene rings is 1. The molecule has 0 N–H and O–H groups in total. The molecule has 0 aliphatic carbocycles. The Labute approximate surface area is 77.2 Å². The van der Waals surface area contributed by atoms with Crippen LogP contribution in [0.5, 0.6) is 0 Å². The Kier molecular flexibility index (Phi) is 3.64. The molecule has 1 aromatic carbocycles. The maximum atomic E-state index is 8.81. The first-order chi connectivity index (χ1) is 6.38. The fraction of sp³-hybridized carbons (Fsp3) is 0.0909. The van der Waals surface area contributed by atoms with Crippen molar-refractivity contribution in [3.63, 3.8) is 0 Å². The topological polar surface area (TPSA) is 30.0 Å². The van der Waals surface area contributed by atoms with Crippen LogP contribution in [0.2, 0.25) is 0 Å². The minimum atomic E-state index is 0.750. The molecule has 0 radical (unpaired) electrons. The Bertz CT molecular complexity index is 319. The zero-order chi connectivity index (χ0) is 9.52. The minimum absolute atomic E-state index is 0.750. The van der Waals surface area contributed by atoms with E-state index in [4.69, 9.17) is 4.79 Å². The SMILES string of the molecule is CC=O.c1ccc2ncccc2c1. The second-order valence-electron chi connectivity index (χ2n) is 2.43. The average Bonchev–Trinajstić information content (AvgIpc) is 2.19. The second kappa shape index (κ2) is 5.04. The van der Waals surface area contributed by atoms with Gasteiger partial charge in [0, 0.05) is 11.6 Å². The van der Waals surface area contributed by atoms with Crippen molar-refractivity contribution in [3.05, 3.63) is 42.6 Å². The molecule has 13 heavy (non-hydrogen) atoms. The van der Waals surface area contributed by atoms with Crippen LogP contribution in [0.25, 0.3) is 10.9 Å². The maximum absolute atomic E-state index is 8.81. The van der Waals surface area contributed by atoms with Crippen LogP contribution in [-0.4, -0.2) is 11.3 Å². The molecule has 0 aliphatic heterocycles. The van der Waals surface area contributed by atoms with Gasteiger partial charge in [0.05, 0.1) is 5.52 Å². The molecule has 0 aliphatic rings. The monoisotopic (exact) mass is 173 g/mol. The smallest absolute Gasteiger partial charge is 0.116 e. The molecule has 2 heteroatoms. The average molecular weight is 173 g/mol. The molecule has 0 spiro atoms. The standard InChI is InChI=1S/C9H7N.C2H4O/c1-2-6-9-8(4-1)5-3-7-10-9;1-2-3/h1-7H;2H,1H3. The van der Waals surface area contributed by atoms with Crippen LogP contribution in [-0.2, 0) is 4.79 Å². The number of pyridine rings is 1. The van der Waals surface area contributed by atoms with E-state index in [0.29, 0.717) is 0 Å². The first-order valence-electron chi connectivity index (χ1n) is 4.08. The van der Waals surface area contributed by atoms with E-state index in [1.807, 2.05) is 30.5 Å². The van der Waals surface area contributed by atoms with Crippen LogP contribution in [0.15, 0.2) is 42.6 Å². The van der Waals surface area contributed by atoms with E-state index < -0.39 is 0 Å². The number of fused-ring (bicyclic) bond motifs is 1. The van der Waals surface area contributed by atoms with E-state index >= 15 is 0 Å². The van der Waals surface area contributed by atoms with E-state index in [1.165, 1.54) is 12.3 Å². The molecule has 0 unspecified atom stereocenters. The molecule has 1 heterocycles. The highest BCUT2D eigenvalue weighted by atomic mass is 16.1. The normalized spacial score (nSPS) is 8.69. The van der Waals surface area contributed by atoms with Crippen molar-refractivity contribution in [2.24, 2.45) is 0 Å². The Balaban J connectivity index is 0.000000251. The molecule has 0 saturated heterocycles. The van der Waals surface area contributed by atoms with Crippen LogP contribution >= 0.6 is 0 Å². The van der Waals surface area contributed by atoms with Gasteiger partial charge in [-0.2, -0.15) is 0 Å². The fourth-order valence-electron chi connectivity index (χ4n) is 1.02. The number of hydrogen-bond donors (Lipinski definition) is 0. The Morgan fingerprint density at radius 2 is 1.77 bits per heavy atom. The number of para-hydroxylation sites is 1. The first kappa shape index (κ1) is 9.39.